The molecule has 1 amide bonds. The summed E-state index contributed by atoms with van der Waals surface area (Å²) in [7, 11) is 1.60. The Kier molecular flexibility index (Phi) is 7.14. The Morgan fingerprint density at radius 2 is 2.13 bits per heavy atom. The number of halogens is 1. The minimum atomic E-state index is -1.36. The van der Waals surface area contributed by atoms with Crippen LogP contribution in [0.1, 0.15) is 44.0 Å². The van der Waals surface area contributed by atoms with Gasteiger partial charge in [0.25, 0.3) is 0 Å². The largest absolute Gasteiger partial charge is 0.497 e. The van der Waals surface area contributed by atoms with Gasteiger partial charge in [-0.05, 0) is 44.9 Å². The number of alkyl carbamates (subject to hydrolysis) is 1. The SMILES string of the molecule is COc1cccc(-c2cn3nc(CO)cc3c(Nc3cc([C@H]4CC[C@@H](OC(=O)NC(C)C)[C@H]4F)[nH]n3)n2)c1. The molecule has 1 aliphatic rings. The third kappa shape index (κ3) is 5.25. The summed E-state index contributed by atoms with van der Waals surface area (Å²) in [6.45, 7) is 3.41. The number of hydrogen-bond acceptors (Lipinski definition) is 8. The molecule has 3 heterocycles. The number of hydrogen-bond donors (Lipinski definition) is 4. The summed E-state index contributed by atoms with van der Waals surface area (Å²) in [6.07, 6.45) is -0.0871. The van der Waals surface area contributed by atoms with E-state index in [2.05, 4.69) is 25.9 Å². The fourth-order valence-electron chi connectivity index (χ4n) is 4.62. The molecule has 1 fully saturated rings. The van der Waals surface area contributed by atoms with E-state index in [-0.39, 0.29) is 12.6 Å². The first kappa shape index (κ1) is 25.5. The van der Waals surface area contributed by atoms with Crippen LogP contribution in [0.5, 0.6) is 5.75 Å². The summed E-state index contributed by atoms with van der Waals surface area (Å²) in [5.41, 5.74) is 3.16. The van der Waals surface area contributed by atoms with Crippen molar-refractivity contribution < 1.29 is 23.8 Å². The van der Waals surface area contributed by atoms with Crippen molar-refractivity contribution in [2.75, 3.05) is 12.4 Å². The predicted molar refractivity (Wildman–Crippen MR) is 138 cm³/mol. The lowest BCUT2D eigenvalue weighted by atomic mass is 10.0. The molecule has 200 valence electrons. The molecular formula is C26H30FN7O4. The van der Waals surface area contributed by atoms with Crippen molar-refractivity contribution in [1.82, 2.24) is 30.1 Å². The molecule has 4 N–H and O–H groups in total. The summed E-state index contributed by atoms with van der Waals surface area (Å²) in [4.78, 5) is 16.7. The second kappa shape index (κ2) is 10.7. The minimum Gasteiger partial charge on any atom is -0.497 e. The molecule has 38 heavy (non-hydrogen) atoms. The standard InChI is InChI=1S/C26H30FN7O4/c1-14(2)28-26(36)38-22-8-7-18(24(22)27)19-11-23(32-31-19)30-25-21-10-16(13-35)33-34(21)12-20(29-25)15-5-4-6-17(9-15)37-3/h4-6,9-12,14,18,22,24,35H,7-8,13H2,1-3H3,(H,28,36)(H2,29,30,31,32)/t18-,22-,24+/m1/s1. The van der Waals surface area contributed by atoms with Crippen LogP contribution in [-0.4, -0.2) is 61.4 Å². The number of nitrogens with one attached hydrogen (secondary N) is 3. The molecule has 0 unspecified atom stereocenters. The molecule has 1 aliphatic carbocycles. The van der Waals surface area contributed by atoms with Crippen LogP contribution >= 0.6 is 0 Å². The molecule has 4 aromatic rings. The number of benzene rings is 1. The Labute approximate surface area is 218 Å². The number of aromatic nitrogens is 5. The zero-order valence-electron chi connectivity index (χ0n) is 21.3. The molecule has 1 aromatic carbocycles. The van der Waals surface area contributed by atoms with Crippen molar-refractivity contribution in [1.29, 1.82) is 0 Å². The number of alkyl halides is 1. The van der Waals surface area contributed by atoms with Crippen LogP contribution in [-0.2, 0) is 11.3 Å². The van der Waals surface area contributed by atoms with Gasteiger partial charge in [-0.3, -0.25) is 5.10 Å². The fourth-order valence-corrected chi connectivity index (χ4v) is 4.62. The molecule has 1 saturated carbocycles. The molecule has 0 aliphatic heterocycles. The molecule has 0 bridgehead atoms. The van der Waals surface area contributed by atoms with E-state index in [1.807, 2.05) is 38.1 Å². The zero-order chi connectivity index (χ0) is 26.8. The Morgan fingerprint density at radius 3 is 2.89 bits per heavy atom. The maximum Gasteiger partial charge on any atom is 0.407 e. The highest BCUT2D eigenvalue weighted by Gasteiger charge is 2.41. The van der Waals surface area contributed by atoms with Crippen LogP contribution in [0, 0.1) is 0 Å². The van der Waals surface area contributed by atoms with Gasteiger partial charge in [-0.2, -0.15) is 10.2 Å². The lowest BCUT2D eigenvalue weighted by molar-refractivity contribution is 0.0555. The molecular weight excluding hydrogens is 493 g/mol. The van der Waals surface area contributed by atoms with Gasteiger partial charge in [0.1, 0.15) is 23.5 Å². The number of aromatic amines is 1. The lowest BCUT2D eigenvalue weighted by Crippen LogP contribution is -2.36. The molecule has 3 atom stereocenters. The number of carbonyl (C=O) groups is 1. The number of methoxy groups -OCH3 is 1. The maximum absolute atomic E-state index is 15.2. The number of aliphatic hydroxyl groups is 1. The zero-order valence-corrected chi connectivity index (χ0v) is 21.3. The van der Waals surface area contributed by atoms with Gasteiger partial charge in [-0.1, -0.05) is 12.1 Å². The van der Waals surface area contributed by atoms with E-state index in [4.69, 9.17) is 14.5 Å². The lowest BCUT2D eigenvalue weighted by Gasteiger charge is -2.18. The first-order chi connectivity index (χ1) is 18.3. The van der Waals surface area contributed by atoms with Crippen molar-refractivity contribution >= 4 is 23.2 Å². The Morgan fingerprint density at radius 1 is 1.29 bits per heavy atom. The second-order valence-corrected chi connectivity index (χ2v) is 9.53. The smallest absolute Gasteiger partial charge is 0.407 e. The van der Waals surface area contributed by atoms with E-state index in [0.29, 0.717) is 52.8 Å². The molecule has 3 aromatic heterocycles. The summed E-state index contributed by atoms with van der Waals surface area (Å²) in [5.74, 6) is 1.11. The van der Waals surface area contributed by atoms with Crippen LogP contribution in [0.4, 0.5) is 20.8 Å². The van der Waals surface area contributed by atoms with Crippen molar-refractivity contribution in [3.8, 4) is 17.0 Å². The van der Waals surface area contributed by atoms with Gasteiger partial charge in [0, 0.05) is 29.3 Å². The fraction of sp³-hybridized carbons (Fsp3) is 0.385. The van der Waals surface area contributed by atoms with E-state index < -0.39 is 24.3 Å². The van der Waals surface area contributed by atoms with Gasteiger partial charge < -0.3 is 25.2 Å². The average molecular weight is 524 g/mol. The van der Waals surface area contributed by atoms with Gasteiger partial charge in [-0.25, -0.2) is 18.7 Å². The molecule has 0 radical (unpaired) electrons. The van der Waals surface area contributed by atoms with Crippen molar-refractivity contribution in [3.05, 3.63) is 54.0 Å². The van der Waals surface area contributed by atoms with E-state index in [0.717, 1.165) is 5.56 Å². The number of ether oxygens (including phenoxy) is 2. The first-order valence-electron chi connectivity index (χ1n) is 12.4. The number of rotatable bonds is 8. The van der Waals surface area contributed by atoms with Crippen LogP contribution in [0.3, 0.4) is 0 Å². The van der Waals surface area contributed by atoms with Crippen molar-refractivity contribution in [3.63, 3.8) is 0 Å². The van der Waals surface area contributed by atoms with E-state index in [9.17, 15) is 9.90 Å². The van der Waals surface area contributed by atoms with Crippen LogP contribution in [0.2, 0.25) is 0 Å². The Bertz CT molecular complexity index is 1440. The monoisotopic (exact) mass is 523 g/mol. The molecule has 12 heteroatoms. The number of fused-ring (bicyclic) bond motifs is 1. The van der Waals surface area contributed by atoms with Crippen LogP contribution in [0.15, 0.2) is 42.6 Å². The second-order valence-electron chi connectivity index (χ2n) is 9.53. The van der Waals surface area contributed by atoms with E-state index >= 15 is 4.39 Å². The highest BCUT2D eigenvalue weighted by molar-refractivity contribution is 5.76. The van der Waals surface area contributed by atoms with Gasteiger partial charge in [0.2, 0.25) is 0 Å². The maximum atomic E-state index is 15.2. The third-order valence-electron chi connectivity index (χ3n) is 6.44. The van der Waals surface area contributed by atoms with Gasteiger partial charge in [-0.15, -0.1) is 0 Å². The van der Waals surface area contributed by atoms with Crippen LogP contribution < -0.4 is 15.4 Å². The predicted octanol–water partition coefficient (Wildman–Crippen LogP) is 4.08. The third-order valence-corrected chi connectivity index (χ3v) is 6.44. The van der Waals surface area contributed by atoms with Gasteiger partial charge in [0.15, 0.2) is 11.6 Å². The first-order valence-corrected chi connectivity index (χ1v) is 12.4. The molecule has 0 spiro atoms. The van der Waals surface area contributed by atoms with E-state index in [1.54, 1.807) is 30.0 Å². The summed E-state index contributed by atoms with van der Waals surface area (Å²) in [6, 6.07) is 10.9. The number of amides is 1. The summed E-state index contributed by atoms with van der Waals surface area (Å²) < 4.78 is 27.5. The number of nitrogens with zero attached hydrogens (tertiary/aromatic N) is 4. The number of anilines is 2. The summed E-state index contributed by atoms with van der Waals surface area (Å²) >= 11 is 0. The van der Waals surface area contributed by atoms with Crippen LogP contribution in [0.25, 0.3) is 16.8 Å². The van der Waals surface area contributed by atoms with Gasteiger partial charge >= 0.3 is 6.09 Å². The quantitative estimate of drug-likeness (QED) is 0.271. The summed E-state index contributed by atoms with van der Waals surface area (Å²) in [5, 5.41) is 27.1. The van der Waals surface area contributed by atoms with Crippen molar-refractivity contribution in [2.45, 2.75) is 57.5 Å². The molecule has 5 rings (SSSR count). The molecule has 0 saturated heterocycles. The highest BCUT2D eigenvalue weighted by Crippen LogP contribution is 2.39. The molecule has 11 nitrogen and oxygen atoms in total. The average Bonchev–Trinajstić information content (AvgIpc) is 3.62. The number of H-pyrrole nitrogens is 1. The Balaban J connectivity index is 1.39. The highest BCUT2D eigenvalue weighted by atomic mass is 19.1. The number of aliphatic hydroxyl groups excluding tert-OH is 1. The van der Waals surface area contributed by atoms with Crippen molar-refractivity contribution in [2.24, 2.45) is 0 Å². The topological polar surface area (TPSA) is 139 Å². The van der Waals surface area contributed by atoms with E-state index in [1.165, 1.54) is 0 Å². The normalized spacial score (nSPS) is 19.2. The van der Waals surface area contributed by atoms with Gasteiger partial charge in [0.05, 0.1) is 31.3 Å². The number of carbonyl (C=O) groups excluding carboxylic acids is 1. The minimum absolute atomic E-state index is 0.0919. The Hall–Kier alpha value is -4.19.